The Morgan fingerprint density at radius 2 is 1.70 bits per heavy atom. The minimum atomic E-state index is 0.183. The Morgan fingerprint density at radius 3 is 2.20 bits per heavy atom. The fraction of sp³-hybridized carbons (Fsp3) is 0.647. The minimum Gasteiger partial charge on any atom is -0.309 e. The summed E-state index contributed by atoms with van der Waals surface area (Å²) in [4.78, 5) is 2.29. The topological polar surface area (TPSA) is 3.24 Å². The summed E-state index contributed by atoms with van der Waals surface area (Å²) in [6, 6.07) is 6.16. The monoisotopic (exact) mass is 315 g/mol. The first-order valence-corrected chi connectivity index (χ1v) is 8.31. The second-order valence-electron chi connectivity index (χ2n) is 6.00. The van der Waals surface area contributed by atoms with Crippen molar-refractivity contribution in [3.63, 3.8) is 0 Å². The quantitative estimate of drug-likeness (QED) is 0.587. The zero-order valence-corrected chi connectivity index (χ0v) is 14.7. The van der Waals surface area contributed by atoms with Gasteiger partial charge in [0, 0.05) is 12.0 Å². The Labute approximate surface area is 134 Å². The zero-order valence-electron chi connectivity index (χ0n) is 13.2. The van der Waals surface area contributed by atoms with Crippen molar-refractivity contribution in [2.75, 3.05) is 20.6 Å². The summed E-state index contributed by atoms with van der Waals surface area (Å²) in [6.45, 7) is 5.56. The molecule has 0 unspecified atom stereocenters. The number of benzene rings is 1. The van der Waals surface area contributed by atoms with Crippen LogP contribution in [0, 0.1) is 0 Å². The van der Waals surface area contributed by atoms with Crippen LogP contribution in [0.25, 0.3) is 0 Å². The summed E-state index contributed by atoms with van der Waals surface area (Å²) in [7, 11) is 4.29. The van der Waals surface area contributed by atoms with Crippen LogP contribution in [0.3, 0.4) is 0 Å². The normalized spacial score (nSPS) is 14.6. The van der Waals surface area contributed by atoms with Crippen molar-refractivity contribution in [1.82, 2.24) is 4.90 Å². The van der Waals surface area contributed by atoms with Crippen molar-refractivity contribution in [1.29, 1.82) is 0 Å². The van der Waals surface area contributed by atoms with E-state index in [1.807, 2.05) is 6.07 Å². The second kappa shape index (κ2) is 8.26. The lowest BCUT2D eigenvalue weighted by Gasteiger charge is -2.37. The molecule has 1 nitrogen and oxygen atoms in total. The van der Waals surface area contributed by atoms with E-state index in [9.17, 15) is 0 Å². The summed E-state index contributed by atoms with van der Waals surface area (Å²) < 4.78 is 0. The molecule has 0 N–H and O–H groups in total. The Kier molecular flexibility index (Phi) is 7.36. The maximum atomic E-state index is 6.25. The Bertz CT molecular complexity index is 417. The SMILES string of the molecule is CCCC[C@@](CCC)(CN(C)C)c1ccc(Cl)c(Cl)c1. The highest BCUT2D eigenvalue weighted by Crippen LogP contribution is 2.38. The average Bonchev–Trinajstić information content (AvgIpc) is 2.38. The first kappa shape index (κ1) is 17.8. The third-order valence-corrected chi connectivity index (χ3v) is 4.63. The molecule has 3 heteroatoms. The van der Waals surface area contributed by atoms with Gasteiger partial charge in [-0.05, 0) is 44.6 Å². The van der Waals surface area contributed by atoms with E-state index in [1.54, 1.807) is 0 Å². The van der Waals surface area contributed by atoms with E-state index in [-0.39, 0.29) is 5.41 Å². The first-order chi connectivity index (χ1) is 9.45. The van der Waals surface area contributed by atoms with Crippen molar-refractivity contribution < 1.29 is 0 Å². The standard InChI is InChI=1S/C17H27Cl2N/c1-5-7-11-17(10-6-2,13-20(3)4)14-8-9-15(18)16(19)12-14/h8-9,12H,5-7,10-11,13H2,1-4H3/t17-/m0/s1. The molecular formula is C17H27Cl2N. The third-order valence-electron chi connectivity index (χ3n) is 3.89. The maximum absolute atomic E-state index is 6.25. The molecule has 1 aromatic carbocycles. The van der Waals surface area contributed by atoms with Gasteiger partial charge in [0.1, 0.15) is 0 Å². The van der Waals surface area contributed by atoms with Crippen molar-refractivity contribution >= 4 is 23.2 Å². The predicted molar refractivity (Wildman–Crippen MR) is 91.1 cm³/mol. The van der Waals surface area contributed by atoms with Gasteiger partial charge in [-0.1, -0.05) is 62.4 Å². The van der Waals surface area contributed by atoms with E-state index in [0.29, 0.717) is 10.0 Å². The fourth-order valence-electron chi connectivity index (χ4n) is 3.09. The van der Waals surface area contributed by atoms with Crippen LogP contribution in [0.1, 0.15) is 51.5 Å². The van der Waals surface area contributed by atoms with Crippen molar-refractivity contribution in [3.8, 4) is 0 Å². The Balaban J connectivity index is 3.19. The predicted octanol–water partition coefficient (Wildman–Crippen LogP) is 5.78. The molecule has 0 aliphatic carbocycles. The molecule has 1 aromatic rings. The van der Waals surface area contributed by atoms with Crippen LogP contribution in [-0.4, -0.2) is 25.5 Å². The fourth-order valence-corrected chi connectivity index (χ4v) is 3.39. The maximum Gasteiger partial charge on any atom is 0.0595 e. The molecule has 0 heterocycles. The lowest BCUT2D eigenvalue weighted by Crippen LogP contribution is -2.37. The molecule has 0 radical (unpaired) electrons. The highest BCUT2D eigenvalue weighted by Gasteiger charge is 2.31. The lowest BCUT2D eigenvalue weighted by atomic mass is 9.72. The first-order valence-electron chi connectivity index (χ1n) is 7.55. The molecule has 1 rings (SSSR count). The largest absolute Gasteiger partial charge is 0.309 e. The van der Waals surface area contributed by atoms with E-state index < -0.39 is 0 Å². The molecule has 0 saturated carbocycles. The Morgan fingerprint density at radius 1 is 1.00 bits per heavy atom. The van der Waals surface area contributed by atoms with E-state index >= 15 is 0 Å². The van der Waals surface area contributed by atoms with Crippen LogP contribution in [-0.2, 0) is 5.41 Å². The number of nitrogens with zero attached hydrogens (tertiary/aromatic N) is 1. The molecular weight excluding hydrogens is 289 g/mol. The van der Waals surface area contributed by atoms with Crippen LogP contribution in [0.2, 0.25) is 10.0 Å². The van der Waals surface area contributed by atoms with E-state index in [0.717, 1.165) is 6.54 Å². The molecule has 20 heavy (non-hydrogen) atoms. The van der Waals surface area contributed by atoms with Gasteiger partial charge in [0.25, 0.3) is 0 Å². The smallest absolute Gasteiger partial charge is 0.0595 e. The molecule has 114 valence electrons. The zero-order chi connectivity index (χ0) is 15.2. The van der Waals surface area contributed by atoms with E-state index in [2.05, 4.69) is 45.0 Å². The summed E-state index contributed by atoms with van der Waals surface area (Å²) in [5.74, 6) is 0. The number of hydrogen-bond donors (Lipinski definition) is 0. The molecule has 0 aliphatic heterocycles. The number of unbranched alkanes of at least 4 members (excludes halogenated alkanes) is 1. The lowest BCUT2D eigenvalue weighted by molar-refractivity contribution is 0.244. The molecule has 0 bridgehead atoms. The number of rotatable bonds is 8. The molecule has 0 saturated heterocycles. The van der Waals surface area contributed by atoms with Crippen molar-refractivity contribution in [2.24, 2.45) is 0 Å². The van der Waals surface area contributed by atoms with Gasteiger partial charge in [0.15, 0.2) is 0 Å². The Hall–Kier alpha value is -0.240. The molecule has 1 atom stereocenters. The molecule has 0 aromatic heterocycles. The van der Waals surface area contributed by atoms with E-state index in [4.69, 9.17) is 23.2 Å². The van der Waals surface area contributed by atoms with Gasteiger partial charge in [-0.3, -0.25) is 0 Å². The number of halogens is 2. The van der Waals surface area contributed by atoms with E-state index in [1.165, 1.54) is 37.7 Å². The molecule has 0 amide bonds. The number of likely N-dealkylation sites (N-methyl/N-ethyl adjacent to an activating group) is 1. The summed E-state index contributed by atoms with van der Waals surface area (Å²) >= 11 is 12.3. The second-order valence-corrected chi connectivity index (χ2v) is 6.81. The minimum absolute atomic E-state index is 0.183. The van der Waals surface area contributed by atoms with Crippen LogP contribution in [0.5, 0.6) is 0 Å². The van der Waals surface area contributed by atoms with Gasteiger partial charge in [-0.25, -0.2) is 0 Å². The van der Waals surface area contributed by atoms with Gasteiger partial charge in [0.05, 0.1) is 10.0 Å². The molecule has 0 aliphatic rings. The van der Waals surface area contributed by atoms with Crippen LogP contribution < -0.4 is 0 Å². The van der Waals surface area contributed by atoms with Crippen molar-refractivity contribution in [2.45, 2.75) is 51.4 Å². The van der Waals surface area contributed by atoms with Crippen LogP contribution >= 0.6 is 23.2 Å². The van der Waals surface area contributed by atoms with Crippen LogP contribution in [0.4, 0.5) is 0 Å². The van der Waals surface area contributed by atoms with Gasteiger partial charge < -0.3 is 4.90 Å². The highest BCUT2D eigenvalue weighted by molar-refractivity contribution is 6.42. The molecule has 0 spiro atoms. The molecule has 0 fully saturated rings. The van der Waals surface area contributed by atoms with Gasteiger partial charge in [0.2, 0.25) is 0 Å². The summed E-state index contributed by atoms with van der Waals surface area (Å²) in [5.41, 5.74) is 1.51. The highest BCUT2D eigenvalue weighted by atomic mass is 35.5. The van der Waals surface area contributed by atoms with Crippen molar-refractivity contribution in [3.05, 3.63) is 33.8 Å². The van der Waals surface area contributed by atoms with Gasteiger partial charge in [-0.2, -0.15) is 0 Å². The number of hydrogen-bond acceptors (Lipinski definition) is 1. The van der Waals surface area contributed by atoms with Gasteiger partial charge in [-0.15, -0.1) is 0 Å². The van der Waals surface area contributed by atoms with Crippen LogP contribution in [0.15, 0.2) is 18.2 Å². The van der Waals surface area contributed by atoms with Gasteiger partial charge >= 0.3 is 0 Å². The third kappa shape index (κ3) is 4.65. The average molecular weight is 316 g/mol. The summed E-state index contributed by atoms with van der Waals surface area (Å²) in [6.07, 6.45) is 6.03. The summed E-state index contributed by atoms with van der Waals surface area (Å²) in [5, 5.41) is 1.31.